The van der Waals surface area contributed by atoms with E-state index in [1.807, 2.05) is 58.2 Å². The molecule has 7 aromatic rings. The summed E-state index contributed by atoms with van der Waals surface area (Å²) < 4.78 is 18.1. The lowest BCUT2D eigenvalue weighted by molar-refractivity contribution is -0.121. The highest BCUT2D eigenvalue weighted by Gasteiger charge is 2.14. The number of hydrogen-bond donors (Lipinski definition) is 2. The van der Waals surface area contributed by atoms with Gasteiger partial charge in [0.1, 0.15) is 17.1 Å². The summed E-state index contributed by atoms with van der Waals surface area (Å²) in [6, 6.07) is 16.2. The Hall–Kier alpha value is -9.13. The van der Waals surface area contributed by atoms with Crippen LogP contribution in [0, 0.1) is 41.5 Å². The molecule has 0 radical (unpaired) electrons. The summed E-state index contributed by atoms with van der Waals surface area (Å²) in [6.07, 6.45) is 22.2. The number of pyridine rings is 7. The molecule has 0 atom stereocenters. The van der Waals surface area contributed by atoms with Crippen LogP contribution in [0.2, 0.25) is 0 Å². The second-order valence-corrected chi connectivity index (χ2v) is 12.6. The number of carboxylic acid groups (broad SMARTS) is 2. The second-order valence-electron chi connectivity index (χ2n) is 12.6. The molecule has 19 nitrogen and oxygen atoms in total. The Kier molecular flexibility index (Phi) is 30.5. The zero-order chi connectivity index (χ0) is 49.0. The van der Waals surface area contributed by atoms with E-state index in [0.29, 0.717) is 53.4 Å². The number of carboxylic acids is 2. The molecule has 2 N–H and O–H groups in total. The quantitative estimate of drug-likeness (QED) is 0.125. The first kappa shape index (κ1) is 57.9. The number of aromatic nitrogens is 7. The molecular formula is C48H51N7O12. The molecule has 67 heavy (non-hydrogen) atoms. The van der Waals surface area contributed by atoms with E-state index in [9.17, 15) is 28.8 Å². The van der Waals surface area contributed by atoms with Gasteiger partial charge in [0, 0.05) is 62.0 Å². The third-order valence-corrected chi connectivity index (χ3v) is 7.42. The molecule has 0 saturated heterocycles. The van der Waals surface area contributed by atoms with Crippen molar-refractivity contribution in [3.8, 4) is 23.0 Å². The average Bonchev–Trinajstić information content (AvgIpc) is 3.30. The van der Waals surface area contributed by atoms with Crippen LogP contribution in [-0.4, -0.2) is 82.9 Å². The van der Waals surface area contributed by atoms with Crippen LogP contribution in [0.4, 0.5) is 0 Å². The molecule has 7 aromatic heterocycles. The van der Waals surface area contributed by atoms with E-state index >= 15 is 0 Å². The molecule has 0 aliphatic heterocycles. The zero-order valence-electron chi connectivity index (χ0n) is 36.7. The third-order valence-electron chi connectivity index (χ3n) is 7.42. The monoisotopic (exact) mass is 917 g/mol. The summed E-state index contributed by atoms with van der Waals surface area (Å²) in [6.45, 7) is 12.4. The summed E-state index contributed by atoms with van der Waals surface area (Å²) in [5, 5.41) is 17.3. The fourth-order valence-corrected chi connectivity index (χ4v) is 4.29. The van der Waals surface area contributed by atoms with E-state index in [0.717, 1.165) is 11.1 Å². The molecule has 0 bridgehead atoms. The lowest BCUT2D eigenvalue weighted by Crippen LogP contribution is -2.05. The average molecular weight is 918 g/mol. The van der Waals surface area contributed by atoms with Crippen molar-refractivity contribution in [2.45, 2.75) is 49.0 Å². The van der Waals surface area contributed by atoms with Gasteiger partial charge in [-0.3, -0.25) is 54.1 Å². The summed E-state index contributed by atoms with van der Waals surface area (Å²) in [4.78, 5) is 87.1. The Morgan fingerprint density at radius 2 is 0.925 bits per heavy atom. The minimum Gasteiger partial charge on any atom is -0.478 e. The van der Waals surface area contributed by atoms with Crippen LogP contribution in [0.1, 0.15) is 61.5 Å². The molecule has 0 fully saturated rings. The molecule has 0 aliphatic rings. The molecule has 0 aromatic carbocycles. The van der Waals surface area contributed by atoms with Crippen LogP contribution in [0.5, 0.6) is 23.0 Å². The molecule has 0 aliphatic carbocycles. The minimum atomic E-state index is -1.14. The van der Waals surface area contributed by atoms with Crippen molar-refractivity contribution in [3.05, 3.63) is 186 Å². The smallest absolute Gasteiger partial charge is 0.339 e. The molecule has 7 rings (SSSR count). The molecule has 19 heteroatoms. The number of aryl methyl sites for hydroxylation is 6. The summed E-state index contributed by atoms with van der Waals surface area (Å²) in [7, 11) is 0. The van der Waals surface area contributed by atoms with Crippen molar-refractivity contribution in [2.24, 2.45) is 0 Å². The van der Waals surface area contributed by atoms with E-state index in [4.69, 9.17) is 10.2 Å². The van der Waals surface area contributed by atoms with Gasteiger partial charge in [0.15, 0.2) is 11.5 Å². The van der Waals surface area contributed by atoms with Gasteiger partial charge in [0.05, 0.1) is 30.4 Å². The fraction of sp³-hybridized carbons (Fsp3) is 0.146. The van der Waals surface area contributed by atoms with Gasteiger partial charge in [-0.1, -0.05) is 13.5 Å². The van der Waals surface area contributed by atoms with Crippen molar-refractivity contribution in [1.82, 2.24) is 34.9 Å². The standard InChI is InChI=1S/C8H7NO4.3C7H7NO2.C6H5NO2.2C6H7N.CH4/c1-5-2-9-3-6(13-4-10)7(5)8(11)12;1-6-2-7(10-5-9)4-8-3-6;1-6-2-3-8-4-7(6)10-5-9;1-5-4-8-3-2-6(5)7(9)10;8-5-9-6-2-1-3-7-4-6;1-6-2-4-7-5-3-6;1-6-3-2-4-7-5-6;/h2-4H,1H3,(H,11,12);2*2-5H,1H3;2-4H,1H3,(H,9,10);1-5H;2*2-5H,1H3;1H4. The van der Waals surface area contributed by atoms with Crippen LogP contribution in [0.25, 0.3) is 0 Å². The normalized spacial score (nSPS) is 8.81. The van der Waals surface area contributed by atoms with E-state index in [1.54, 1.807) is 75.3 Å². The maximum absolute atomic E-state index is 10.7. The maximum Gasteiger partial charge on any atom is 0.339 e. The highest BCUT2D eigenvalue weighted by molar-refractivity contribution is 5.92. The maximum atomic E-state index is 10.7. The van der Waals surface area contributed by atoms with Crippen molar-refractivity contribution >= 4 is 37.8 Å². The minimum absolute atomic E-state index is 0. The number of ether oxygens (including phenoxy) is 4. The molecular weight excluding hydrogens is 867 g/mol. The number of rotatable bonds is 10. The van der Waals surface area contributed by atoms with E-state index in [2.05, 4.69) is 53.8 Å². The Bertz CT molecular complexity index is 2460. The number of nitrogens with zero attached hydrogens (tertiary/aromatic N) is 7. The first-order chi connectivity index (χ1) is 31.8. The molecule has 0 amide bonds. The fourth-order valence-electron chi connectivity index (χ4n) is 4.29. The Labute approximate surface area is 387 Å². The van der Waals surface area contributed by atoms with E-state index < -0.39 is 11.9 Å². The van der Waals surface area contributed by atoms with Crippen LogP contribution in [0.3, 0.4) is 0 Å². The Morgan fingerprint density at radius 1 is 0.433 bits per heavy atom. The van der Waals surface area contributed by atoms with Gasteiger partial charge in [0.2, 0.25) is 0 Å². The molecule has 0 spiro atoms. The predicted octanol–water partition coefficient (Wildman–Crippen LogP) is 7.60. The van der Waals surface area contributed by atoms with Gasteiger partial charge < -0.3 is 29.2 Å². The van der Waals surface area contributed by atoms with Crippen LogP contribution in [0.15, 0.2) is 141 Å². The lowest BCUT2D eigenvalue weighted by atomic mass is 10.1. The first-order valence-corrected chi connectivity index (χ1v) is 19.0. The summed E-state index contributed by atoms with van der Waals surface area (Å²) in [5.74, 6) is -0.626. The number of carbonyl (C=O) groups is 6. The molecule has 7 heterocycles. The third kappa shape index (κ3) is 26.2. The van der Waals surface area contributed by atoms with Crippen LogP contribution in [-0.2, 0) is 19.2 Å². The van der Waals surface area contributed by atoms with Crippen molar-refractivity contribution in [2.75, 3.05) is 0 Å². The van der Waals surface area contributed by atoms with Gasteiger partial charge in [-0.25, -0.2) is 9.59 Å². The van der Waals surface area contributed by atoms with Gasteiger partial charge in [-0.05, 0) is 123 Å². The number of carbonyl (C=O) groups excluding carboxylic acids is 4. The van der Waals surface area contributed by atoms with E-state index in [-0.39, 0.29) is 25.2 Å². The van der Waals surface area contributed by atoms with E-state index in [1.165, 1.54) is 60.6 Å². The Balaban J connectivity index is 0.000000763. The summed E-state index contributed by atoms with van der Waals surface area (Å²) >= 11 is 0. The summed E-state index contributed by atoms with van der Waals surface area (Å²) in [5.41, 5.74) is 5.76. The van der Waals surface area contributed by atoms with Gasteiger partial charge in [-0.2, -0.15) is 0 Å². The zero-order valence-corrected chi connectivity index (χ0v) is 36.7. The highest BCUT2D eigenvalue weighted by atomic mass is 16.5. The number of hydrogen-bond acceptors (Lipinski definition) is 17. The second kappa shape index (κ2) is 35.3. The van der Waals surface area contributed by atoms with Gasteiger partial charge in [-0.15, -0.1) is 0 Å². The highest BCUT2D eigenvalue weighted by Crippen LogP contribution is 2.19. The Morgan fingerprint density at radius 3 is 1.39 bits per heavy atom. The number of aromatic carboxylic acids is 2. The van der Waals surface area contributed by atoms with Crippen molar-refractivity contribution in [1.29, 1.82) is 0 Å². The van der Waals surface area contributed by atoms with Gasteiger partial charge in [0.25, 0.3) is 25.9 Å². The predicted molar refractivity (Wildman–Crippen MR) is 245 cm³/mol. The SMILES string of the molecule is C.Cc1cccnc1.Cc1ccncc1.Cc1ccncc1OC=O.Cc1cncc(OC=O)c1.Cc1cncc(OC=O)c1C(=O)O.Cc1cnccc1C(=O)O.O=COc1cccnc1. The van der Waals surface area contributed by atoms with Crippen LogP contribution >= 0.6 is 0 Å². The van der Waals surface area contributed by atoms with Crippen molar-refractivity contribution < 1.29 is 57.9 Å². The topological polar surface area (TPSA) is 270 Å². The lowest BCUT2D eigenvalue weighted by Gasteiger charge is -2.04. The van der Waals surface area contributed by atoms with Crippen LogP contribution < -0.4 is 18.9 Å². The molecule has 0 unspecified atom stereocenters. The molecule has 350 valence electrons. The largest absolute Gasteiger partial charge is 0.478 e. The first-order valence-electron chi connectivity index (χ1n) is 19.0. The van der Waals surface area contributed by atoms with Gasteiger partial charge >= 0.3 is 11.9 Å². The van der Waals surface area contributed by atoms with Crippen molar-refractivity contribution in [3.63, 3.8) is 0 Å². The molecule has 0 saturated carbocycles.